The van der Waals surface area contributed by atoms with Gasteiger partial charge in [-0.1, -0.05) is 19.0 Å². The normalized spacial score (nSPS) is 12.0. The average molecular weight is 334 g/mol. The maximum Gasteiger partial charge on any atom is 0.226 e. The van der Waals surface area contributed by atoms with Crippen molar-refractivity contribution in [3.8, 4) is 0 Å². The van der Waals surface area contributed by atoms with Crippen LogP contribution in [0.1, 0.15) is 55.2 Å². The molecule has 0 fully saturated rings. The molecule has 2 aromatic heterocycles. The minimum Gasteiger partial charge on any atom is -0.444 e. The fourth-order valence-electron chi connectivity index (χ4n) is 2.05. The molecule has 0 aliphatic heterocycles. The molecular formula is C16H26N6O2. The second-order valence-electron chi connectivity index (χ2n) is 5.91. The number of aryl methyl sites for hydroxylation is 3. The molecule has 0 aliphatic rings. The quantitative estimate of drug-likeness (QED) is 0.454. The Balaban J connectivity index is 1.69. The first-order valence-corrected chi connectivity index (χ1v) is 8.19. The minimum atomic E-state index is 0.283. The van der Waals surface area contributed by atoms with Crippen molar-refractivity contribution in [3.63, 3.8) is 0 Å². The van der Waals surface area contributed by atoms with Crippen LogP contribution in [-0.4, -0.2) is 34.7 Å². The van der Waals surface area contributed by atoms with Gasteiger partial charge in [-0.3, -0.25) is 4.99 Å². The highest BCUT2D eigenvalue weighted by atomic mass is 16.5. The Labute approximate surface area is 142 Å². The molecule has 0 aliphatic carbocycles. The lowest BCUT2D eigenvalue weighted by molar-refractivity contribution is 0.368. The van der Waals surface area contributed by atoms with Gasteiger partial charge in [-0.25, -0.2) is 4.98 Å². The Kier molecular flexibility index (Phi) is 6.34. The van der Waals surface area contributed by atoms with E-state index in [0.29, 0.717) is 24.3 Å². The van der Waals surface area contributed by atoms with Crippen molar-refractivity contribution < 1.29 is 8.94 Å². The minimum absolute atomic E-state index is 0.283. The summed E-state index contributed by atoms with van der Waals surface area (Å²) in [4.78, 5) is 12.9. The average Bonchev–Trinajstić information content (AvgIpc) is 3.14. The van der Waals surface area contributed by atoms with Crippen molar-refractivity contribution in [1.29, 1.82) is 0 Å². The lowest BCUT2D eigenvalue weighted by atomic mass is 10.2. The van der Waals surface area contributed by atoms with Crippen molar-refractivity contribution in [2.24, 2.45) is 4.99 Å². The van der Waals surface area contributed by atoms with Crippen LogP contribution in [0.2, 0.25) is 0 Å². The first-order valence-electron chi connectivity index (χ1n) is 8.19. The number of guanidine groups is 1. The van der Waals surface area contributed by atoms with Crippen LogP contribution in [0.5, 0.6) is 0 Å². The van der Waals surface area contributed by atoms with Gasteiger partial charge in [-0.05, 0) is 20.3 Å². The maximum atomic E-state index is 5.53. The van der Waals surface area contributed by atoms with Gasteiger partial charge in [0.05, 0.1) is 12.2 Å². The number of hydrogen-bond acceptors (Lipinski definition) is 6. The summed E-state index contributed by atoms with van der Waals surface area (Å²) in [6, 6.07) is 0. The standard InChI is InChI=1S/C16H26N6O2/c1-10(2)15-21-13(24-22-15)7-6-8-18-16(17-5)19-9-14-20-11(3)12(4)23-14/h10H,6-9H2,1-5H3,(H2,17,18,19). The van der Waals surface area contributed by atoms with Gasteiger partial charge < -0.3 is 19.6 Å². The number of hydrogen-bond donors (Lipinski definition) is 2. The molecule has 8 nitrogen and oxygen atoms in total. The fraction of sp³-hybridized carbons (Fsp3) is 0.625. The molecule has 0 atom stereocenters. The van der Waals surface area contributed by atoms with E-state index in [1.165, 1.54) is 0 Å². The Morgan fingerprint density at radius 3 is 2.54 bits per heavy atom. The number of nitrogens with one attached hydrogen (secondary N) is 2. The van der Waals surface area contributed by atoms with Crippen molar-refractivity contribution >= 4 is 5.96 Å². The maximum absolute atomic E-state index is 5.53. The summed E-state index contributed by atoms with van der Waals surface area (Å²) in [5.74, 6) is 3.92. The zero-order valence-corrected chi connectivity index (χ0v) is 15.0. The van der Waals surface area contributed by atoms with Crippen LogP contribution in [0.3, 0.4) is 0 Å². The third-order valence-electron chi connectivity index (χ3n) is 3.56. The number of oxazole rings is 1. The second kappa shape index (κ2) is 8.47. The van der Waals surface area contributed by atoms with Gasteiger partial charge in [0.25, 0.3) is 0 Å². The first kappa shape index (κ1) is 18.0. The van der Waals surface area contributed by atoms with Gasteiger partial charge >= 0.3 is 0 Å². The van der Waals surface area contributed by atoms with E-state index in [0.717, 1.165) is 36.7 Å². The fourth-order valence-corrected chi connectivity index (χ4v) is 2.05. The van der Waals surface area contributed by atoms with Crippen molar-refractivity contribution in [2.75, 3.05) is 13.6 Å². The molecule has 2 heterocycles. The van der Waals surface area contributed by atoms with Crippen LogP contribution in [0.25, 0.3) is 0 Å². The molecule has 0 radical (unpaired) electrons. The van der Waals surface area contributed by atoms with Crippen molar-refractivity contribution in [3.05, 3.63) is 29.1 Å². The van der Waals surface area contributed by atoms with Crippen LogP contribution in [0.15, 0.2) is 13.9 Å². The van der Waals surface area contributed by atoms with Crippen LogP contribution < -0.4 is 10.6 Å². The van der Waals surface area contributed by atoms with Crippen molar-refractivity contribution in [1.82, 2.24) is 25.8 Å². The molecule has 2 aromatic rings. The van der Waals surface area contributed by atoms with Gasteiger partial charge in [-0.15, -0.1) is 0 Å². The van der Waals surface area contributed by atoms with E-state index in [1.54, 1.807) is 7.05 Å². The predicted octanol–water partition coefficient (Wildman–Crippen LogP) is 2.10. The molecule has 8 heteroatoms. The third kappa shape index (κ3) is 5.07. The summed E-state index contributed by atoms with van der Waals surface area (Å²) in [6.07, 6.45) is 1.61. The molecule has 0 spiro atoms. The van der Waals surface area contributed by atoms with Gasteiger partial charge in [0.15, 0.2) is 11.8 Å². The van der Waals surface area contributed by atoms with E-state index in [2.05, 4.69) is 30.8 Å². The zero-order chi connectivity index (χ0) is 17.5. The van der Waals surface area contributed by atoms with E-state index in [1.807, 2.05) is 27.7 Å². The van der Waals surface area contributed by atoms with E-state index in [-0.39, 0.29) is 5.92 Å². The van der Waals surface area contributed by atoms with E-state index in [9.17, 15) is 0 Å². The third-order valence-corrected chi connectivity index (χ3v) is 3.56. The molecule has 2 N–H and O–H groups in total. The Morgan fingerprint density at radius 2 is 1.96 bits per heavy atom. The highest BCUT2D eigenvalue weighted by Gasteiger charge is 2.09. The first-order chi connectivity index (χ1) is 11.5. The van der Waals surface area contributed by atoms with E-state index >= 15 is 0 Å². The summed E-state index contributed by atoms with van der Waals surface area (Å²) >= 11 is 0. The zero-order valence-electron chi connectivity index (χ0n) is 15.0. The van der Waals surface area contributed by atoms with Crippen LogP contribution >= 0.6 is 0 Å². The predicted molar refractivity (Wildman–Crippen MR) is 90.9 cm³/mol. The van der Waals surface area contributed by atoms with Gasteiger partial charge in [0.1, 0.15) is 5.76 Å². The summed E-state index contributed by atoms with van der Waals surface area (Å²) in [6.45, 7) is 9.17. The molecular weight excluding hydrogens is 308 g/mol. The van der Waals surface area contributed by atoms with Crippen LogP contribution in [0.4, 0.5) is 0 Å². The van der Waals surface area contributed by atoms with Crippen LogP contribution in [0, 0.1) is 13.8 Å². The summed E-state index contributed by atoms with van der Waals surface area (Å²) < 4.78 is 10.8. The van der Waals surface area contributed by atoms with E-state index < -0.39 is 0 Å². The molecule has 0 aromatic carbocycles. The van der Waals surface area contributed by atoms with E-state index in [4.69, 9.17) is 8.94 Å². The summed E-state index contributed by atoms with van der Waals surface area (Å²) in [5, 5.41) is 10.4. The number of rotatable bonds is 7. The smallest absolute Gasteiger partial charge is 0.226 e. The Bertz CT molecular complexity index is 654. The number of aromatic nitrogens is 3. The number of aliphatic imine (C=N–C) groups is 1. The molecule has 0 unspecified atom stereocenters. The SMILES string of the molecule is CN=C(NCCCc1nc(C(C)C)no1)NCc1nc(C)c(C)o1. The molecule has 0 saturated carbocycles. The molecule has 132 valence electrons. The molecule has 0 bridgehead atoms. The molecule has 0 saturated heterocycles. The summed E-state index contributed by atoms with van der Waals surface area (Å²) in [7, 11) is 1.73. The Morgan fingerprint density at radius 1 is 1.17 bits per heavy atom. The molecule has 24 heavy (non-hydrogen) atoms. The lowest BCUT2D eigenvalue weighted by Gasteiger charge is -2.09. The monoisotopic (exact) mass is 334 g/mol. The molecule has 2 rings (SSSR count). The van der Waals surface area contributed by atoms with Crippen molar-refractivity contribution in [2.45, 2.75) is 53.0 Å². The van der Waals surface area contributed by atoms with Crippen LogP contribution in [-0.2, 0) is 13.0 Å². The number of nitrogens with zero attached hydrogens (tertiary/aromatic N) is 4. The van der Waals surface area contributed by atoms with Gasteiger partial charge in [0.2, 0.25) is 11.8 Å². The lowest BCUT2D eigenvalue weighted by Crippen LogP contribution is -2.37. The second-order valence-corrected chi connectivity index (χ2v) is 5.91. The summed E-state index contributed by atoms with van der Waals surface area (Å²) in [5.41, 5.74) is 0.912. The van der Waals surface area contributed by atoms with Gasteiger partial charge in [-0.2, -0.15) is 4.98 Å². The molecule has 0 amide bonds. The largest absolute Gasteiger partial charge is 0.444 e. The topological polar surface area (TPSA) is 101 Å². The highest BCUT2D eigenvalue weighted by Crippen LogP contribution is 2.10. The van der Waals surface area contributed by atoms with Gasteiger partial charge in [0, 0.05) is 25.9 Å². The Hall–Kier alpha value is -2.38. The highest BCUT2D eigenvalue weighted by molar-refractivity contribution is 5.79.